The summed E-state index contributed by atoms with van der Waals surface area (Å²) in [5.74, 6) is 1.15. The summed E-state index contributed by atoms with van der Waals surface area (Å²) in [6.07, 6.45) is 0. The van der Waals surface area contributed by atoms with E-state index in [1.807, 2.05) is 17.5 Å². The Morgan fingerprint density at radius 3 is 2.67 bits per heavy atom. The predicted molar refractivity (Wildman–Crippen MR) is 87.6 cm³/mol. The van der Waals surface area contributed by atoms with Crippen LogP contribution in [0.3, 0.4) is 0 Å². The maximum Gasteiger partial charge on any atom is 0.180 e. The van der Waals surface area contributed by atoms with Crippen LogP contribution in [-0.4, -0.2) is 25.2 Å². The molecule has 114 valence electrons. The average Bonchev–Trinajstić information content (AvgIpc) is 2.93. The summed E-state index contributed by atoms with van der Waals surface area (Å²) in [6.45, 7) is 4.97. The van der Waals surface area contributed by atoms with E-state index in [-0.39, 0.29) is 0 Å². The number of hydrogen-bond donors (Lipinski definition) is 1. The number of methoxy groups -OCH3 is 2. The summed E-state index contributed by atoms with van der Waals surface area (Å²) >= 11 is 7.98. The van der Waals surface area contributed by atoms with E-state index < -0.39 is 0 Å². The van der Waals surface area contributed by atoms with Crippen molar-refractivity contribution in [2.75, 3.05) is 14.2 Å². The first-order chi connectivity index (χ1) is 10.1. The van der Waals surface area contributed by atoms with Gasteiger partial charge in [0.25, 0.3) is 0 Å². The van der Waals surface area contributed by atoms with Crippen molar-refractivity contribution in [3.05, 3.63) is 28.2 Å². The van der Waals surface area contributed by atoms with Gasteiger partial charge >= 0.3 is 0 Å². The average molecular weight is 327 g/mol. The van der Waals surface area contributed by atoms with Crippen LogP contribution in [0.4, 0.5) is 0 Å². The lowest BCUT2D eigenvalue weighted by Gasteiger charge is -2.11. The number of hydrogen-bond acceptors (Lipinski definition) is 5. The number of benzene rings is 1. The lowest BCUT2D eigenvalue weighted by molar-refractivity contribution is 0.355. The third-order valence-electron chi connectivity index (χ3n) is 2.96. The Kier molecular flexibility index (Phi) is 5.45. The zero-order chi connectivity index (χ0) is 15.4. The van der Waals surface area contributed by atoms with Crippen molar-refractivity contribution in [2.24, 2.45) is 0 Å². The van der Waals surface area contributed by atoms with E-state index in [1.165, 1.54) is 0 Å². The van der Waals surface area contributed by atoms with Gasteiger partial charge in [-0.1, -0.05) is 25.4 Å². The molecular formula is C15H19ClN2O2S. The number of nitrogens with one attached hydrogen (secondary N) is 1. The molecule has 4 nitrogen and oxygen atoms in total. The van der Waals surface area contributed by atoms with Gasteiger partial charge in [0.1, 0.15) is 5.01 Å². The summed E-state index contributed by atoms with van der Waals surface area (Å²) in [5.41, 5.74) is 1.87. The zero-order valence-electron chi connectivity index (χ0n) is 12.6. The van der Waals surface area contributed by atoms with Crippen LogP contribution in [0.2, 0.25) is 5.02 Å². The van der Waals surface area contributed by atoms with Crippen molar-refractivity contribution in [3.63, 3.8) is 0 Å². The van der Waals surface area contributed by atoms with Crippen LogP contribution in [0.25, 0.3) is 10.6 Å². The van der Waals surface area contributed by atoms with E-state index in [0.29, 0.717) is 22.6 Å². The summed E-state index contributed by atoms with van der Waals surface area (Å²) in [6, 6.07) is 4.18. The number of aromatic nitrogens is 1. The number of rotatable bonds is 6. The first-order valence-corrected chi connectivity index (χ1v) is 7.91. The molecule has 0 atom stereocenters. The summed E-state index contributed by atoms with van der Waals surface area (Å²) in [4.78, 5) is 4.62. The molecule has 6 heteroatoms. The molecule has 2 rings (SSSR count). The molecule has 1 N–H and O–H groups in total. The molecule has 0 aliphatic carbocycles. The molecule has 21 heavy (non-hydrogen) atoms. The highest BCUT2D eigenvalue weighted by Gasteiger charge is 2.16. The minimum atomic E-state index is 0.430. The fourth-order valence-corrected chi connectivity index (χ4v) is 3.10. The van der Waals surface area contributed by atoms with E-state index >= 15 is 0 Å². The van der Waals surface area contributed by atoms with Gasteiger partial charge < -0.3 is 14.8 Å². The number of halogens is 1. The van der Waals surface area contributed by atoms with Crippen molar-refractivity contribution < 1.29 is 9.47 Å². The molecule has 0 amide bonds. The van der Waals surface area contributed by atoms with Crippen molar-refractivity contribution in [1.82, 2.24) is 10.3 Å². The third-order valence-corrected chi connectivity index (χ3v) is 4.26. The van der Waals surface area contributed by atoms with Crippen LogP contribution in [0, 0.1) is 0 Å². The maximum atomic E-state index is 6.41. The number of thiazole rings is 1. The van der Waals surface area contributed by atoms with Crippen LogP contribution in [0.5, 0.6) is 11.5 Å². The van der Waals surface area contributed by atoms with Gasteiger partial charge in [-0.15, -0.1) is 11.3 Å². The first-order valence-electron chi connectivity index (χ1n) is 6.65. The second-order valence-corrected chi connectivity index (χ2v) is 6.08. The van der Waals surface area contributed by atoms with Gasteiger partial charge in [-0.3, -0.25) is 0 Å². The van der Waals surface area contributed by atoms with Crippen molar-refractivity contribution in [2.45, 2.75) is 26.4 Å². The van der Waals surface area contributed by atoms with Gasteiger partial charge in [-0.2, -0.15) is 0 Å². The molecule has 0 saturated carbocycles. The Labute approximate surface area is 134 Å². The van der Waals surface area contributed by atoms with Crippen LogP contribution >= 0.6 is 22.9 Å². The molecule has 0 fully saturated rings. The van der Waals surface area contributed by atoms with Gasteiger partial charge in [0, 0.05) is 23.5 Å². The molecular weight excluding hydrogens is 308 g/mol. The molecule has 0 aliphatic heterocycles. The van der Waals surface area contributed by atoms with E-state index in [0.717, 1.165) is 22.8 Å². The highest BCUT2D eigenvalue weighted by Crippen LogP contribution is 2.42. The lowest BCUT2D eigenvalue weighted by Crippen LogP contribution is -2.21. The van der Waals surface area contributed by atoms with Crippen molar-refractivity contribution >= 4 is 22.9 Å². The van der Waals surface area contributed by atoms with Crippen LogP contribution in [-0.2, 0) is 6.54 Å². The van der Waals surface area contributed by atoms with Crippen LogP contribution in [0.15, 0.2) is 17.5 Å². The molecule has 1 aromatic carbocycles. The summed E-state index contributed by atoms with van der Waals surface area (Å²) in [7, 11) is 3.17. The third kappa shape index (κ3) is 3.67. The Bertz CT molecular complexity index is 614. The Hall–Kier alpha value is -1.30. The maximum absolute atomic E-state index is 6.41. The molecule has 0 unspecified atom stereocenters. The standard InChI is InChI=1S/C15H19ClN2O2S/c1-9(2)17-7-10-8-21-15(18-10)11-5-6-12(19-3)14(20-4)13(11)16/h5-6,8-9,17H,7H2,1-4H3. The quantitative estimate of drug-likeness (QED) is 0.872. The molecule has 0 aliphatic rings. The highest BCUT2D eigenvalue weighted by atomic mass is 35.5. The molecule has 0 bridgehead atoms. The Morgan fingerprint density at radius 2 is 2.05 bits per heavy atom. The Morgan fingerprint density at radius 1 is 1.29 bits per heavy atom. The minimum absolute atomic E-state index is 0.430. The van der Waals surface area contributed by atoms with E-state index in [2.05, 4.69) is 24.1 Å². The monoisotopic (exact) mass is 326 g/mol. The first kappa shape index (κ1) is 16.1. The van der Waals surface area contributed by atoms with Gasteiger partial charge in [0.2, 0.25) is 0 Å². The van der Waals surface area contributed by atoms with Crippen LogP contribution < -0.4 is 14.8 Å². The smallest absolute Gasteiger partial charge is 0.180 e. The predicted octanol–water partition coefficient (Wildman–Crippen LogP) is 3.98. The largest absolute Gasteiger partial charge is 0.493 e. The summed E-state index contributed by atoms with van der Waals surface area (Å²) in [5, 5.41) is 6.79. The SMILES string of the molecule is COc1ccc(-c2nc(CNC(C)C)cs2)c(Cl)c1OC. The second-order valence-electron chi connectivity index (χ2n) is 4.84. The molecule has 1 heterocycles. The van der Waals surface area contributed by atoms with Gasteiger partial charge in [0.15, 0.2) is 11.5 Å². The molecule has 0 radical (unpaired) electrons. The van der Waals surface area contributed by atoms with E-state index in [9.17, 15) is 0 Å². The number of ether oxygens (including phenoxy) is 2. The summed E-state index contributed by atoms with van der Waals surface area (Å²) < 4.78 is 10.6. The fourth-order valence-electron chi connectivity index (χ4n) is 1.88. The minimum Gasteiger partial charge on any atom is -0.493 e. The highest BCUT2D eigenvalue weighted by molar-refractivity contribution is 7.13. The van der Waals surface area contributed by atoms with E-state index in [4.69, 9.17) is 21.1 Å². The zero-order valence-corrected chi connectivity index (χ0v) is 14.1. The second kappa shape index (κ2) is 7.11. The lowest BCUT2D eigenvalue weighted by atomic mass is 10.2. The number of nitrogens with zero attached hydrogens (tertiary/aromatic N) is 1. The molecule has 2 aromatic rings. The van der Waals surface area contributed by atoms with Gasteiger partial charge in [-0.25, -0.2) is 4.98 Å². The Balaban J connectivity index is 2.30. The molecule has 1 aromatic heterocycles. The van der Waals surface area contributed by atoms with Crippen molar-refractivity contribution in [1.29, 1.82) is 0 Å². The van der Waals surface area contributed by atoms with Gasteiger partial charge in [0.05, 0.1) is 24.9 Å². The topological polar surface area (TPSA) is 43.4 Å². The normalized spacial score (nSPS) is 11.0. The fraction of sp³-hybridized carbons (Fsp3) is 0.400. The van der Waals surface area contributed by atoms with Crippen molar-refractivity contribution in [3.8, 4) is 22.1 Å². The van der Waals surface area contributed by atoms with Crippen LogP contribution in [0.1, 0.15) is 19.5 Å². The van der Waals surface area contributed by atoms with E-state index in [1.54, 1.807) is 25.6 Å². The molecule has 0 spiro atoms. The van der Waals surface area contributed by atoms with Gasteiger partial charge in [-0.05, 0) is 12.1 Å². The molecule has 0 saturated heterocycles.